The molecule has 1 aromatic heterocycles. The molecule has 0 aliphatic carbocycles. The molecule has 1 aliphatic heterocycles. The molecule has 0 saturated carbocycles. The number of nitrogens with zero attached hydrogens (tertiary/aromatic N) is 3. The zero-order valence-corrected chi connectivity index (χ0v) is 17.0. The Labute approximate surface area is 172 Å². The first-order chi connectivity index (χ1) is 14.0. The van der Waals surface area contributed by atoms with Crippen molar-refractivity contribution in [1.82, 2.24) is 13.6 Å². The van der Waals surface area contributed by atoms with Gasteiger partial charge in [-0.3, -0.25) is 4.90 Å². The van der Waals surface area contributed by atoms with Crippen LogP contribution in [0.25, 0.3) is 0 Å². The van der Waals surface area contributed by atoms with Crippen molar-refractivity contribution < 1.29 is 17.9 Å². The molecule has 10 heteroatoms. The fourth-order valence-corrected chi connectivity index (χ4v) is 3.69. The Balaban J connectivity index is 1.37. The Morgan fingerprint density at radius 1 is 1.07 bits per heavy atom. The summed E-state index contributed by atoms with van der Waals surface area (Å²) in [6, 6.07) is 8.14. The predicted molar refractivity (Wildman–Crippen MR) is 109 cm³/mol. The summed E-state index contributed by atoms with van der Waals surface area (Å²) in [7, 11) is 0. The molecule has 0 spiro atoms. The summed E-state index contributed by atoms with van der Waals surface area (Å²) in [5.41, 5.74) is 1.25. The Morgan fingerprint density at radius 2 is 1.83 bits per heavy atom. The Kier molecular flexibility index (Phi) is 7.93. The van der Waals surface area contributed by atoms with E-state index in [2.05, 4.69) is 36.4 Å². The van der Waals surface area contributed by atoms with E-state index in [0.717, 1.165) is 37.1 Å². The van der Waals surface area contributed by atoms with Crippen LogP contribution in [0.2, 0.25) is 0 Å². The molecule has 0 bridgehead atoms. The van der Waals surface area contributed by atoms with Gasteiger partial charge in [0.2, 0.25) is 0 Å². The highest BCUT2D eigenvalue weighted by atomic mass is 32.1. The van der Waals surface area contributed by atoms with E-state index in [1.165, 1.54) is 24.8 Å². The van der Waals surface area contributed by atoms with Gasteiger partial charge in [0.15, 0.2) is 11.6 Å². The van der Waals surface area contributed by atoms with Gasteiger partial charge < -0.3 is 15.4 Å². The van der Waals surface area contributed by atoms with E-state index in [4.69, 9.17) is 4.74 Å². The predicted octanol–water partition coefficient (Wildman–Crippen LogP) is 4.38. The van der Waals surface area contributed by atoms with E-state index in [0.29, 0.717) is 25.4 Å². The standard InChI is InChI=1S/C19H26F3N5OS/c20-19(21,22)14-24-18-17(25-29-26-18)23-8-5-11-28-16-7-4-6-15(12-16)13-27-9-2-1-3-10-27/h4,6-7,12H,1-3,5,8-11,13-14H2,(H,23,25)(H,24,26). The maximum atomic E-state index is 12.3. The third-order valence-electron chi connectivity index (χ3n) is 4.58. The number of alkyl halides is 3. The van der Waals surface area contributed by atoms with Crippen LogP contribution in [0.3, 0.4) is 0 Å². The summed E-state index contributed by atoms with van der Waals surface area (Å²) in [4.78, 5) is 2.47. The summed E-state index contributed by atoms with van der Waals surface area (Å²) in [6.07, 6.45) is 0.255. The van der Waals surface area contributed by atoms with Gasteiger partial charge in [-0.25, -0.2) is 0 Å². The molecule has 6 nitrogen and oxygen atoms in total. The topological polar surface area (TPSA) is 62.3 Å². The van der Waals surface area contributed by atoms with Gasteiger partial charge in [-0.1, -0.05) is 18.6 Å². The van der Waals surface area contributed by atoms with Crippen LogP contribution in [0.1, 0.15) is 31.2 Å². The number of aromatic nitrogens is 2. The molecule has 0 unspecified atom stereocenters. The fourth-order valence-electron chi connectivity index (χ4n) is 3.18. The maximum absolute atomic E-state index is 12.3. The first-order valence-electron chi connectivity index (χ1n) is 9.81. The Morgan fingerprint density at radius 3 is 2.59 bits per heavy atom. The lowest BCUT2D eigenvalue weighted by Gasteiger charge is -2.26. The van der Waals surface area contributed by atoms with E-state index in [9.17, 15) is 13.2 Å². The van der Waals surface area contributed by atoms with E-state index < -0.39 is 12.7 Å². The molecule has 0 amide bonds. The van der Waals surface area contributed by atoms with Crippen LogP contribution in [-0.2, 0) is 6.54 Å². The summed E-state index contributed by atoms with van der Waals surface area (Å²) in [6.45, 7) is 3.15. The minimum atomic E-state index is -4.29. The third-order valence-corrected chi connectivity index (χ3v) is 5.11. The highest BCUT2D eigenvalue weighted by Crippen LogP contribution is 2.22. The smallest absolute Gasteiger partial charge is 0.405 e. The van der Waals surface area contributed by atoms with Gasteiger partial charge in [-0.2, -0.15) is 21.9 Å². The molecule has 1 fully saturated rings. The van der Waals surface area contributed by atoms with Crippen molar-refractivity contribution in [3.63, 3.8) is 0 Å². The molecule has 1 aromatic carbocycles. The minimum Gasteiger partial charge on any atom is -0.494 e. The van der Waals surface area contributed by atoms with Crippen molar-refractivity contribution in [2.75, 3.05) is 43.4 Å². The molecule has 1 saturated heterocycles. The van der Waals surface area contributed by atoms with Gasteiger partial charge in [-0.05, 0) is 50.0 Å². The minimum absolute atomic E-state index is 0.124. The SMILES string of the molecule is FC(F)(F)CNc1nsnc1NCCCOc1cccc(CN2CCCCC2)c1. The van der Waals surface area contributed by atoms with E-state index >= 15 is 0 Å². The number of hydrogen-bond acceptors (Lipinski definition) is 7. The van der Waals surface area contributed by atoms with Crippen molar-refractivity contribution >= 4 is 23.4 Å². The number of halogens is 3. The quantitative estimate of drug-likeness (QED) is 0.547. The number of piperidine rings is 1. The summed E-state index contributed by atoms with van der Waals surface area (Å²) in [5, 5.41) is 5.26. The molecular formula is C19H26F3N5OS. The second kappa shape index (κ2) is 10.6. The molecule has 2 aromatic rings. The Bertz CT molecular complexity index is 749. The van der Waals surface area contributed by atoms with Crippen LogP contribution >= 0.6 is 11.7 Å². The van der Waals surface area contributed by atoms with Gasteiger partial charge in [-0.15, -0.1) is 0 Å². The van der Waals surface area contributed by atoms with Crippen LogP contribution in [0, 0.1) is 0 Å². The lowest BCUT2D eigenvalue weighted by atomic mass is 10.1. The second-order valence-electron chi connectivity index (χ2n) is 7.04. The van der Waals surface area contributed by atoms with Crippen LogP contribution in [0.4, 0.5) is 24.8 Å². The summed E-state index contributed by atoms with van der Waals surface area (Å²) < 4.78 is 50.6. The largest absolute Gasteiger partial charge is 0.494 e. The van der Waals surface area contributed by atoms with Gasteiger partial charge in [0.05, 0.1) is 18.3 Å². The lowest BCUT2D eigenvalue weighted by Crippen LogP contribution is -2.29. The highest BCUT2D eigenvalue weighted by Gasteiger charge is 2.27. The number of benzene rings is 1. The number of nitrogens with one attached hydrogen (secondary N) is 2. The molecule has 2 N–H and O–H groups in total. The molecule has 3 rings (SSSR count). The van der Waals surface area contributed by atoms with Crippen molar-refractivity contribution in [3.05, 3.63) is 29.8 Å². The number of rotatable bonds is 10. The van der Waals surface area contributed by atoms with Gasteiger partial charge in [0, 0.05) is 13.1 Å². The lowest BCUT2D eigenvalue weighted by molar-refractivity contribution is -0.115. The average Bonchev–Trinajstić information content (AvgIpc) is 3.14. The molecular weight excluding hydrogens is 403 g/mol. The van der Waals surface area contributed by atoms with E-state index in [-0.39, 0.29) is 5.82 Å². The molecule has 1 aliphatic rings. The van der Waals surface area contributed by atoms with Crippen molar-refractivity contribution in [1.29, 1.82) is 0 Å². The van der Waals surface area contributed by atoms with Crippen LogP contribution < -0.4 is 15.4 Å². The van der Waals surface area contributed by atoms with Crippen LogP contribution in [-0.4, -0.2) is 52.6 Å². The van der Waals surface area contributed by atoms with Crippen molar-refractivity contribution in [3.8, 4) is 5.75 Å². The normalized spacial score (nSPS) is 15.3. The summed E-state index contributed by atoms with van der Waals surface area (Å²) in [5.74, 6) is 1.30. The first-order valence-corrected chi connectivity index (χ1v) is 10.5. The molecule has 0 radical (unpaired) electrons. The van der Waals surface area contributed by atoms with Crippen molar-refractivity contribution in [2.24, 2.45) is 0 Å². The third kappa shape index (κ3) is 7.69. The highest BCUT2D eigenvalue weighted by molar-refractivity contribution is 6.99. The fraction of sp³-hybridized carbons (Fsp3) is 0.579. The number of ether oxygens (including phenoxy) is 1. The number of likely N-dealkylation sites (tertiary alicyclic amines) is 1. The maximum Gasteiger partial charge on any atom is 0.405 e. The van der Waals surface area contributed by atoms with E-state index in [1.807, 2.05) is 12.1 Å². The molecule has 2 heterocycles. The number of anilines is 2. The molecule has 160 valence electrons. The van der Waals surface area contributed by atoms with Crippen LogP contribution in [0.15, 0.2) is 24.3 Å². The van der Waals surface area contributed by atoms with Crippen LogP contribution in [0.5, 0.6) is 5.75 Å². The first kappa shape index (κ1) is 21.6. The van der Waals surface area contributed by atoms with Gasteiger partial charge >= 0.3 is 6.18 Å². The van der Waals surface area contributed by atoms with E-state index in [1.54, 1.807) is 0 Å². The Hall–Kier alpha value is -2.07. The average molecular weight is 430 g/mol. The zero-order valence-electron chi connectivity index (χ0n) is 16.2. The second-order valence-corrected chi connectivity index (χ2v) is 7.57. The molecule has 0 atom stereocenters. The van der Waals surface area contributed by atoms with Crippen molar-refractivity contribution in [2.45, 2.75) is 38.4 Å². The van der Waals surface area contributed by atoms with Gasteiger partial charge in [0.1, 0.15) is 12.3 Å². The van der Waals surface area contributed by atoms with Gasteiger partial charge in [0.25, 0.3) is 0 Å². The molecule has 29 heavy (non-hydrogen) atoms. The number of hydrogen-bond donors (Lipinski definition) is 2. The summed E-state index contributed by atoms with van der Waals surface area (Å²) >= 11 is 0.866. The monoisotopic (exact) mass is 429 g/mol. The zero-order chi connectivity index (χ0) is 20.5.